The Hall–Kier alpha value is -2.59. The zero-order valence-electron chi connectivity index (χ0n) is 14.2. The van der Waals surface area contributed by atoms with E-state index in [9.17, 15) is 26.4 Å². The first kappa shape index (κ1) is 20.7. The van der Waals surface area contributed by atoms with Crippen LogP contribution in [0.15, 0.2) is 53.4 Å². The van der Waals surface area contributed by atoms with E-state index in [0.29, 0.717) is 23.6 Å². The van der Waals surface area contributed by atoms with E-state index in [2.05, 4.69) is 5.32 Å². The van der Waals surface area contributed by atoms with Gasteiger partial charge in [-0.1, -0.05) is 0 Å². The number of sulfonamides is 1. The van der Waals surface area contributed by atoms with Crippen LogP contribution >= 0.6 is 0 Å². The lowest BCUT2D eigenvalue weighted by Crippen LogP contribution is -2.33. The van der Waals surface area contributed by atoms with E-state index in [-0.39, 0.29) is 4.90 Å². The Morgan fingerprint density at radius 1 is 1.04 bits per heavy atom. The molecule has 0 unspecified atom stereocenters. The molecule has 2 rings (SSSR count). The Morgan fingerprint density at radius 2 is 1.63 bits per heavy atom. The maximum Gasteiger partial charge on any atom is 0.402 e. The van der Waals surface area contributed by atoms with Gasteiger partial charge in [-0.15, -0.1) is 0 Å². The third kappa shape index (κ3) is 6.26. The Labute approximate surface area is 154 Å². The molecular weight excluding hydrogens is 385 g/mol. The van der Waals surface area contributed by atoms with E-state index >= 15 is 0 Å². The average Bonchev–Trinajstić information content (AvgIpc) is 2.61. The first-order chi connectivity index (χ1) is 12.6. The zero-order chi connectivity index (χ0) is 20.1. The molecule has 0 radical (unpaired) electrons. The molecule has 0 saturated carbocycles. The standard InChI is InChI=1S/C17H17F3N2O4S/c1-2-26-14-7-3-12(4-8-14)16(23)22-13-5-9-15(10-6-13)27(24,25)21-11-17(18,19)20/h3-10,21H,2,11H2,1H3,(H,22,23). The number of anilines is 1. The van der Waals surface area contributed by atoms with Crippen LogP contribution in [0.4, 0.5) is 18.9 Å². The van der Waals surface area contributed by atoms with Crippen LogP contribution in [0.1, 0.15) is 17.3 Å². The smallest absolute Gasteiger partial charge is 0.402 e. The summed E-state index contributed by atoms with van der Waals surface area (Å²) in [5.41, 5.74) is 0.658. The van der Waals surface area contributed by atoms with Crippen molar-refractivity contribution in [3.63, 3.8) is 0 Å². The highest BCUT2D eigenvalue weighted by Gasteiger charge is 2.30. The van der Waals surface area contributed by atoms with Crippen molar-refractivity contribution < 1.29 is 31.1 Å². The van der Waals surface area contributed by atoms with Gasteiger partial charge in [-0.3, -0.25) is 4.79 Å². The van der Waals surface area contributed by atoms with Crippen LogP contribution in [0.25, 0.3) is 0 Å². The summed E-state index contributed by atoms with van der Waals surface area (Å²) in [6, 6.07) is 11.2. The molecule has 0 heterocycles. The monoisotopic (exact) mass is 402 g/mol. The van der Waals surface area contributed by atoms with Crippen LogP contribution in [0, 0.1) is 0 Å². The number of halogens is 3. The van der Waals surface area contributed by atoms with Gasteiger partial charge in [-0.25, -0.2) is 13.1 Å². The number of amides is 1. The maximum atomic E-state index is 12.2. The van der Waals surface area contributed by atoms with Crippen molar-refractivity contribution in [1.29, 1.82) is 0 Å². The predicted octanol–water partition coefficient (Wildman–Crippen LogP) is 3.18. The normalized spacial score (nSPS) is 11.9. The topological polar surface area (TPSA) is 84.5 Å². The number of ether oxygens (including phenoxy) is 1. The van der Waals surface area contributed by atoms with E-state index in [1.165, 1.54) is 16.9 Å². The summed E-state index contributed by atoms with van der Waals surface area (Å²) in [6.45, 7) is 0.674. The van der Waals surface area contributed by atoms with Gasteiger partial charge in [0.15, 0.2) is 0 Å². The Kier molecular flexibility index (Phi) is 6.45. The van der Waals surface area contributed by atoms with Crippen molar-refractivity contribution in [2.45, 2.75) is 18.0 Å². The fourth-order valence-corrected chi connectivity index (χ4v) is 3.06. The molecule has 27 heavy (non-hydrogen) atoms. The van der Waals surface area contributed by atoms with Gasteiger partial charge < -0.3 is 10.1 Å². The average molecular weight is 402 g/mol. The third-order valence-corrected chi connectivity index (χ3v) is 4.73. The fourth-order valence-electron chi connectivity index (χ4n) is 2.05. The van der Waals surface area contributed by atoms with E-state index in [4.69, 9.17) is 4.74 Å². The molecule has 0 fully saturated rings. The number of carbonyl (C=O) groups excluding carboxylic acids is 1. The second kappa shape index (κ2) is 8.40. The molecular formula is C17H17F3N2O4S. The molecule has 0 aliphatic rings. The van der Waals surface area contributed by atoms with Gasteiger partial charge in [0.1, 0.15) is 12.3 Å². The second-order valence-electron chi connectivity index (χ2n) is 5.38. The van der Waals surface area contributed by atoms with Crippen LogP contribution in [0.5, 0.6) is 5.75 Å². The first-order valence-electron chi connectivity index (χ1n) is 7.81. The molecule has 0 bridgehead atoms. The number of hydrogen-bond acceptors (Lipinski definition) is 4. The Morgan fingerprint density at radius 3 is 2.15 bits per heavy atom. The lowest BCUT2D eigenvalue weighted by molar-refractivity contribution is -0.121. The molecule has 0 saturated heterocycles. The molecule has 0 atom stereocenters. The van der Waals surface area contributed by atoms with E-state index in [0.717, 1.165) is 12.1 Å². The van der Waals surface area contributed by atoms with Crippen molar-refractivity contribution in [1.82, 2.24) is 4.72 Å². The zero-order valence-corrected chi connectivity index (χ0v) is 15.0. The third-order valence-electron chi connectivity index (χ3n) is 3.31. The minimum absolute atomic E-state index is 0.295. The quantitative estimate of drug-likeness (QED) is 0.745. The van der Waals surface area contributed by atoms with Crippen molar-refractivity contribution in [2.75, 3.05) is 18.5 Å². The maximum absolute atomic E-state index is 12.2. The van der Waals surface area contributed by atoms with Gasteiger partial charge in [-0.2, -0.15) is 13.2 Å². The van der Waals surface area contributed by atoms with Crippen LogP contribution in [-0.2, 0) is 10.0 Å². The van der Waals surface area contributed by atoms with Crippen molar-refractivity contribution in [3.05, 3.63) is 54.1 Å². The predicted molar refractivity (Wildman–Crippen MR) is 93.2 cm³/mol. The van der Waals surface area contributed by atoms with Crippen molar-refractivity contribution in [2.24, 2.45) is 0 Å². The van der Waals surface area contributed by atoms with Gasteiger partial charge in [0, 0.05) is 11.3 Å². The number of alkyl halides is 3. The van der Waals surface area contributed by atoms with Crippen molar-refractivity contribution in [3.8, 4) is 5.75 Å². The molecule has 2 aromatic carbocycles. The molecule has 6 nitrogen and oxygen atoms in total. The molecule has 0 aliphatic heterocycles. The highest BCUT2D eigenvalue weighted by Crippen LogP contribution is 2.18. The number of carbonyl (C=O) groups is 1. The highest BCUT2D eigenvalue weighted by molar-refractivity contribution is 7.89. The molecule has 146 valence electrons. The summed E-state index contributed by atoms with van der Waals surface area (Å²) in [4.78, 5) is 11.8. The first-order valence-corrected chi connectivity index (χ1v) is 9.30. The minimum atomic E-state index is -4.65. The molecule has 10 heteroatoms. The van der Waals surface area contributed by atoms with Crippen LogP contribution < -0.4 is 14.8 Å². The van der Waals surface area contributed by atoms with Gasteiger partial charge >= 0.3 is 6.18 Å². The fraction of sp³-hybridized carbons (Fsp3) is 0.235. The van der Waals surface area contributed by atoms with Gasteiger partial charge in [0.2, 0.25) is 10.0 Å². The Bertz CT molecular complexity index is 880. The SMILES string of the molecule is CCOc1ccc(C(=O)Nc2ccc(S(=O)(=O)NCC(F)(F)F)cc2)cc1. The van der Waals surface area contributed by atoms with Gasteiger partial charge in [-0.05, 0) is 55.5 Å². The molecule has 0 spiro atoms. The second-order valence-corrected chi connectivity index (χ2v) is 7.14. The van der Waals surface area contributed by atoms with Crippen LogP contribution in [-0.4, -0.2) is 33.7 Å². The molecule has 2 N–H and O–H groups in total. The molecule has 2 aromatic rings. The van der Waals surface area contributed by atoms with E-state index < -0.39 is 28.7 Å². The Balaban J connectivity index is 2.03. The minimum Gasteiger partial charge on any atom is -0.494 e. The number of rotatable bonds is 7. The number of benzene rings is 2. The highest BCUT2D eigenvalue weighted by atomic mass is 32.2. The number of nitrogens with one attached hydrogen (secondary N) is 2. The summed E-state index contributed by atoms with van der Waals surface area (Å²) < 4.78 is 66.8. The summed E-state index contributed by atoms with van der Waals surface area (Å²) in [5, 5.41) is 2.57. The van der Waals surface area contributed by atoms with Gasteiger partial charge in [0.05, 0.1) is 11.5 Å². The van der Waals surface area contributed by atoms with E-state index in [1.807, 2.05) is 6.92 Å². The summed E-state index contributed by atoms with van der Waals surface area (Å²) in [6.07, 6.45) is -4.65. The van der Waals surface area contributed by atoms with Gasteiger partial charge in [0.25, 0.3) is 5.91 Å². The lowest BCUT2D eigenvalue weighted by Gasteiger charge is -2.10. The largest absolute Gasteiger partial charge is 0.494 e. The molecule has 0 aromatic heterocycles. The summed E-state index contributed by atoms with van der Waals surface area (Å²) in [5.74, 6) is 0.193. The summed E-state index contributed by atoms with van der Waals surface area (Å²) in [7, 11) is -4.30. The number of hydrogen-bond donors (Lipinski definition) is 2. The van der Waals surface area contributed by atoms with Crippen molar-refractivity contribution >= 4 is 21.6 Å². The molecule has 0 aliphatic carbocycles. The summed E-state index contributed by atoms with van der Waals surface area (Å²) >= 11 is 0. The van der Waals surface area contributed by atoms with Crippen LogP contribution in [0.2, 0.25) is 0 Å². The van der Waals surface area contributed by atoms with Crippen LogP contribution in [0.3, 0.4) is 0 Å². The molecule has 1 amide bonds. The lowest BCUT2D eigenvalue weighted by atomic mass is 10.2. The van der Waals surface area contributed by atoms with E-state index in [1.54, 1.807) is 24.3 Å².